The number of aryl methyl sites for hydroxylation is 3. The van der Waals surface area contributed by atoms with Crippen LogP contribution in [0.3, 0.4) is 0 Å². The smallest absolute Gasteiger partial charge is 0.264 e. The zero-order valence-electron chi connectivity index (χ0n) is 12.7. The zero-order chi connectivity index (χ0) is 15.9. The molecule has 22 heavy (non-hydrogen) atoms. The van der Waals surface area contributed by atoms with Crippen molar-refractivity contribution in [2.75, 3.05) is 4.72 Å². The Bertz CT molecular complexity index is 938. The number of rotatable bonds is 4. The zero-order valence-corrected chi connectivity index (χ0v) is 13.6. The Labute approximate surface area is 129 Å². The third-order valence-electron chi connectivity index (χ3n) is 3.63. The van der Waals surface area contributed by atoms with E-state index in [4.69, 9.17) is 0 Å². The second-order valence-electron chi connectivity index (χ2n) is 5.24. The van der Waals surface area contributed by atoms with Crippen LogP contribution in [0.25, 0.3) is 10.9 Å². The lowest BCUT2D eigenvalue weighted by Gasteiger charge is -2.10. The van der Waals surface area contributed by atoms with Crippen molar-refractivity contribution >= 4 is 26.6 Å². The molecule has 0 radical (unpaired) electrons. The topological polar surface area (TPSA) is 68.9 Å². The molecule has 0 atom stereocenters. The Morgan fingerprint density at radius 3 is 2.73 bits per heavy atom. The Kier molecular flexibility index (Phi) is 3.44. The van der Waals surface area contributed by atoms with Crippen LogP contribution in [-0.2, 0) is 30.5 Å². The number of nitrogens with one attached hydrogen (secondary N) is 1. The van der Waals surface area contributed by atoms with Crippen molar-refractivity contribution in [2.24, 2.45) is 14.1 Å². The van der Waals surface area contributed by atoms with Crippen LogP contribution in [-0.4, -0.2) is 22.8 Å². The van der Waals surface area contributed by atoms with Gasteiger partial charge in [-0.3, -0.25) is 9.40 Å². The molecular formula is C15H18N4O2S. The van der Waals surface area contributed by atoms with Gasteiger partial charge in [-0.2, -0.15) is 5.10 Å². The largest absolute Gasteiger partial charge is 0.349 e. The minimum Gasteiger partial charge on any atom is -0.349 e. The first kappa shape index (κ1) is 14.6. The molecule has 6 nitrogen and oxygen atoms in total. The van der Waals surface area contributed by atoms with Crippen molar-refractivity contribution in [3.8, 4) is 0 Å². The molecule has 3 rings (SSSR count). The highest BCUT2D eigenvalue weighted by atomic mass is 32.2. The molecule has 1 aromatic carbocycles. The summed E-state index contributed by atoms with van der Waals surface area (Å²) in [6.45, 7) is 1.94. The second kappa shape index (κ2) is 5.17. The van der Waals surface area contributed by atoms with Crippen molar-refractivity contribution in [2.45, 2.75) is 18.2 Å². The van der Waals surface area contributed by atoms with E-state index in [0.29, 0.717) is 17.6 Å². The Morgan fingerprint density at radius 1 is 1.23 bits per heavy atom. The quantitative estimate of drug-likeness (QED) is 0.802. The van der Waals surface area contributed by atoms with Crippen LogP contribution < -0.4 is 4.72 Å². The fraction of sp³-hybridized carbons (Fsp3) is 0.267. The lowest BCUT2D eigenvalue weighted by atomic mass is 10.2. The molecule has 2 aromatic heterocycles. The third kappa shape index (κ3) is 2.37. The van der Waals surface area contributed by atoms with Gasteiger partial charge in [0, 0.05) is 31.9 Å². The van der Waals surface area contributed by atoms with Crippen LogP contribution >= 0.6 is 0 Å². The van der Waals surface area contributed by atoms with Gasteiger partial charge in [0.15, 0.2) is 0 Å². The summed E-state index contributed by atoms with van der Waals surface area (Å²) in [6, 6.07) is 7.17. The van der Waals surface area contributed by atoms with E-state index in [1.54, 1.807) is 30.1 Å². The summed E-state index contributed by atoms with van der Waals surface area (Å²) in [5, 5.41) is 5.16. The summed E-state index contributed by atoms with van der Waals surface area (Å²) < 4.78 is 31.6. The summed E-state index contributed by atoms with van der Waals surface area (Å²) in [6.07, 6.45) is 4.19. The second-order valence-corrected chi connectivity index (χ2v) is 6.89. The molecule has 0 aliphatic carbocycles. The van der Waals surface area contributed by atoms with E-state index in [1.165, 1.54) is 0 Å². The number of benzene rings is 1. The standard InChI is InChI=1S/C15H18N4O2S/c1-4-12-13(10-19(3)16-12)17-22(20,21)14-7-5-6-11-8-9-18(2)15(11)14/h5-10,17H,4H2,1-3H3. The van der Waals surface area contributed by atoms with Gasteiger partial charge in [0.2, 0.25) is 0 Å². The van der Waals surface area contributed by atoms with Gasteiger partial charge in [-0.15, -0.1) is 0 Å². The molecule has 1 N–H and O–H groups in total. The number of hydrogen-bond donors (Lipinski definition) is 1. The molecule has 0 fully saturated rings. The maximum Gasteiger partial charge on any atom is 0.264 e. The highest BCUT2D eigenvalue weighted by molar-refractivity contribution is 7.93. The molecule has 116 valence electrons. The lowest BCUT2D eigenvalue weighted by molar-refractivity contribution is 0.601. The Hall–Kier alpha value is -2.28. The van der Waals surface area contributed by atoms with Crippen LogP contribution in [0.15, 0.2) is 41.6 Å². The van der Waals surface area contributed by atoms with Crippen LogP contribution in [0.2, 0.25) is 0 Å². The number of para-hydroxylation sites is 1. The first-order valence-corrected chi connectivity index (χ1v) is 8.50. The fourth-order valence-corrected chi connectivity index (χ4v) is 3.96. The average molecular weight is 318 g/mol. The van der Waals surface area contributed by atoms with Gasteiger partial charge in [0.1, 0.15) is 4.90 Å². The maximum atomic E-state index is 12.8. The first-order valence-electron chi connectivity index (χ1n) is 7.01. The molecule has 0 bridgehead atoms. The van der Waals surface area contributed by atoms with Crippen LogP contribution in [0.4, 0.5) is 5.69 Å². The van der Waals surface area contributed by atoms with Gasteiger partial charge in [-0.25, -0.2) is 8.42 Å². The lowest BCUT2D eigenvalue weighted by Crippen LogP contribution is -2.14. The van der Waals surface area contributed by atoms with E-state index in [0.717, 1.165) is 11.1 Å². The number of nitrogens with zero attached hydrogens (tertiary/aromatic N) is 3. The van der Waals surface area contributed by atoms with E-state index >= 15 is 0 Å². The van der Waals surface area contributed by atoms with Gasteiger partial charge in [0.25, 0.3) is 10.0 Å². The summed E-state index contributed by atoms with van der Waals surface area (Å²) >= 11 is 0. The Balaban J connectivity index is 2.10. The van der Waals surface area contributed by atoms with E-state index in [2.05, 4.69) is 9.82 Å². The minimum atomic E-state index is -3.68. The maximum absolute atomic E-state index is 12.8. The average Bonchev–Trinajstić information content (AvgIpc) is 3.01. The number of anilines is 1. The van der Waals surface area contributed by atoms with Crippen molar-refractivity contribution in [3.05, 3.63) is 42.4 Å². The summed E-state index contributed by atoms with van der Waals surface area (Å²) in [5.74, 6) is 0. The third-order valence-corrected chi connectivity index (χ3v) is 5.03. The van der Waals surface area contributed by atoms with Gasteiger partial charge < -0.3 is 4.57 Å². The molecule has 0 saturated carbocycles. The van der Waals surface area contributed by atoms with E-state index in [9.17, 15) is 8.42 Å². The number of fused-ring (bicyclic) bond motifs is 1. The van der Waals surface area contributed by atoms with Crippen molar-refractivity contribution in [1.29, 1.82) is 0 Å². The molecule has 7 heteroatoms. The molecule has 0 spiro atoms. The van der Waals surface area contributed by atoms with Crippen molar-refractivity contribution < 1.29 is 8.42 Å². The van der Waals surface area contributed by atoms with Crippen LogP contribution in [0.5, 0.6) is 0 Å². The van der Waals surface area contributed by atoms with Crippen molar-refractivity contribution in [3.63, 3.8) is 0 Å². The molecule has 0 unspecified atom stereocenters. The summed E-state index contributed by atoms with van der Waals surface area (Å²) in [7, 11) is -0.0669. The van der Waals surface area contributed by atoms with E-state index in [1.807, 2.05) is 36.9 Å². The Morgan fingerprint density at radius 2 is 2.00 bits per heavy atom. The predicted molar refractivity (Wildman–Crippen MR) is 86.3 cm³/mol. The highest BCUT2D eigenvalue weighted by Gasteiger charge is 2.21. The number of hydrogen-bond acceptors (Lipinski definition) is 3. The SMILES string of the molecule is CCc1nn(C)cc1NS(=O)(=O)c1cccc2ccn(C)c12. The number of sulfonamides is 1. The van der Waals surface area contributed by atoms with Crippen LogP contribution in [0, 0.1) is 0 Å². The molecular weight excluding hydrogens is 300 g/mol. The fourth-order valence-electron chi connectivity index (χ4n) is 2.62. The molecule has 2 heterocycles. The predicted octanol–water partition coefficient (Wildman–Crippen LogP) is 2.28. The molecule has 3 aromatic rings. The first-order chi connectivity index (χ1) is 10.4. The molecule has 0 aliphatic heterocycles. The number of aromatic nitrogens is 3. The van der Waals surface area contributed by atoms with E-state index in [-0.39, 0.29) is 4.90 Å². The van der Waals surface area contributed by atoms with Crippen LogP contribution in [0.1, 0.15) is 12.6 Å². The van der Waals surface area contributed by atoms with Gasteiger partial charge in [-0.05, 0) is 18.6 Å². The molecule has 0 saturated heterocycles. The molecule has 0 amide bonds. The highest BCUT2D eigenvalue weighted by Crippen LogP contribution is 2.26. The minimum absolute atomic E-state index is 0.267. The monoisotopic (exact) mass is 318 g/mol. The summed E-state index contributed by atoms with van der Waals surface area (Å²) in [4.78, 5) is 0.267. The normalized spacial score (nSPS) is 12.0. The molecule has 0 aliphatic rings. The van der Waals surface area contributed by atoms with Gasteiger partial charge in [-0.1, -0.05) is 19.1 Å². The van der Waals surface area contributed by atoms with Gasteiger partial charge in [0.05, 0.1) is 16.9 Å². The van der Waals surface area contributed by atoms with Gasteiger partial charge >= 0.3 is 0 Å². The summed E-state index contributed by atoms with van der Waals surface area (Å²) in [5.41, 5.74) is 1.94. The van der Waals surface area contributed by atoms with E-state index < -0.39 is 10.0 Å². The van der Waals surface area contributed by atoms with Crippen molar-refractivity contribution in [1.82, 2.24) is 14.3 Å².